The minimum absolute atomic E-state index is 0.0708. The molecule has 0 bridgehead atoms. The molecule has 2 nitrogen and oxygen atoms in total. The van der Waals surface area contributed by atoms with E-state index >= 15 is 0 Å². The van der Waals surface area contributed by atoms with Crippen LogP contribution in [0.1, 0.15) is 20.7 Å². The average molecular weight is 240 g/mol. The monoisotopic (exact) mass is 240 g/mol. The molecule has 0 N–H and O–H groups in total. The molecule has 1 aromatic rings. The van der Waals surface area contributed by atoms with Crippen LogP contribution < -0.4 is 0 Å². The summed E-state index contributed by atoms with van der Waals surface area (Å²) in [4.78, 5) is 22.0. The summed E-state index contributed by atoms with van der Waals surface area (Å²) in [5, 5.41) is 0.0708. The van der Waals surface area contributed by atoms with Gasteiger partial charge in [-0.2, -0.15) is 11.8 Å². The standard InChI is InChI=1S/C11H12O2S2/c1-14-6-7-15-11(13)10-4-2-9(8-12)3-5-10/h2-5,8H,6-7H2,1H3. The molecule has 4 heteroatoms. The molecule has 1 rings (SSSR count). The fraction of sp³-hybridized carbons (Fsp3) is 0.273. The normalized spacial score (nSPS) is 9.93. The van der Waals surface area contributed by atoms with E-state index in [0.29, 0.717) is 11.1 Å². The molecule has 0 heterocycles. The predicted molar refractivity (Wildman–Crippen MR) is 67.0 cm³/mol. The second kappa shape index (κ2) is 6.69. The highest BCUT2D eigenvalue weighted by molar-refractivity contribution is 8.14. The Morgan fingerprint density at radius 3 is 2.47 bits per heavy atom. The average Bonchev–Trinajstić information content (AvgIpc) is 2.29. The van der Waals surface area contributed by atoms with E-state index in [9.17, 15) is 9.59 Å². The molecule has 0 atom stereocenters. The Hall–Kier alpha value is -0.740. The van der Waals surface area contributed by atoms with Crippen LogP contribution in [0, 0.1) is 0 Å². The maximum Gasteiger partial charge on any atom is 0.219 e. The molecule has 0 saturated carbocycles. The van der Waals surface area contributed by atoms with E-state index in [1.165, 1.54) is 11.8 Å². The van der Waals surface area contributed by atoms with E-state index in [1.807, 2.05) is 6.26 Å². The summed E-state index contributed by atoms with van der Waals surface area (Å²) in [5.41, 5.74) is 1.26. The molecule has 0 saturated heterocycles. The fourth-order valence-electron chi connectivity index (χ4n) is 0.999. The van der Waals surface area contributed by atoms with Gasteiger partial charge in [-0.3, -0.25) is 9.59 Å². The van der Waals surface area contributed by atoms with E-state index in [2.05, 4.69) is 0 Å². The first-order chi connectivity index (χ1) is 7.27. The van der Waals surface area contributed by atoms with Crippen LogP contribution in [0.5, 0.6) is 0 Å². The zero-order chi connectivity index (χ0) is 11.1. The van der Waals surface area contributed by atoms with Gasteiger partial charge in [0.15, 0.2) is 0 Å². The molecule has 0 radical (unpaired) electrons. The molecule has 0 aliphatic rings. The number of carbonyl (C=O) groups is 2. The molecule has 0 aliphatic heterocycles. The molecule has 0 fully saturated rings. The van der Waals surface area contributed by atoms with Gasteiger partial charge in [0.05, 0.1) is 0 Å². The van der Waals surface area contributed by atoms with Gasteiger partial charge in [0.1, 0.15) is 6.29 Å². The maximum absolute atomic E-state index is 11.6. The Balaban J connectivity index is 2.54. The predicted octanol–water partition coefficient (Wildman–Crippen LogP) is 2.74. The molecule has 0 unspecified atom stereocenters. The summed E-state index contributed by atoms with van der Waals surface area (Å²) in [5.74, 6) is 1.80. The molecular weight excluding hydrogens is 228 g/mol. The first-order valence-corrected chi connectivity index (χ1v) is 6.87. The van der Waals surface area contributed by atoms with E-state index in [0.717, 1.165) is 17.8 Å². The fourth-order valence-corrected chi connectivity index (χ4v) is 2.49. The van der Waals surface area contributed by atoms with Crippen molar-refractivity contribution in [2.45, 2.75) is 0 Å². The Kier molecular flexibility index (Phi) is 5.50. The van der Waals surface area contributed by atoms with Crippen molar-refractivity contribution >= 4 is 34.9 Å². The van der Waals surface area contributed by atoms with Gasteiger partial charge in [-0.1, -0.05) is 23.9 Å². The minimum atomic E-state index is 0.0708. The number of benzene rings is 1. The molecule has 80 valence electrons. The van der Waals surface area contributed by atoms with Gasteiger partial charge in [0.2, 0.25) is 5.12 Å². The Bertz CT molecular complexity index is 333. The van der Waals surface area contributed by atoms with Crippen molar-refractivity contribution in [2.24, 2.45) is 0 Å². The van der Waals surface area contributed by atoms with E-state index in [-0.39, 0.29) is 5.12 Å². The molecule has 0 spiro atoms. The van der Waals surface area contributed by atoms with Crippen LogP contribution in [0.15, 0.2) is 24.3 Å². The lowest BCUT2D eigenvalue weighted by atomic mass is 10.2. The van der Waals surface area contributed by atoms with Crippen molar-refractivity contribution in [3.05, 3.63) is 35.4 Å². The third kappa shape index (κ3) is 4.10. The second-order valence-corrected chi connectivity index (χ2v) is 4.92. The summed E-state index contributed by atoms with van der Waals surface area (Å²) >= 11 is 3.04. The van der Waals surface area contributed by atoms with E-state index in [1.54, 1.807) is 36.0 Å². The van der Waals surface area contributed by atoms with Gasteiger partial charge in [-0.25, -0.2) is 0 Å². The number of carbonyl (C=O) groups excluding carboxylic acids is 2. The smallest absolute Gasteiger partial charge is 0.219 e. The number of aldehydes is 1. The van der Waals surface area contributed by atoms with Crippen molar-refractivity contribution < 1.29 is 9.59 Å². The van der Waals surface area contributed by atoms with Crippen LogP contribution >= 0.6 is 23.5 Å². The number of hydrogen-bond acceptors (Lipinski definition) is 4. The lowest BCUT2D eigenvalue weighted by molar-refractivity contribution is 0.108. The van der Waals surface area contributed by atoms with Gasteiger partial charge in [0.25, 0.3) is 0 Å². The summed E-state index contributed by atoms with van der Waals surface area (Å²) in [7, 11) is 0. The van der Waals surface area contributed by atoms with Gasteiger partial charge < -0.3 is 0 Å². The van der Waals surface area contributed by atoms with Crippen LogP contribution in [0.3, 0.4) is 0 Å². The quantitative estimate of drug-likeness (QED) is 0.585. The molecule has 15 heavy (non-hydrogen) atoms. The summed E-state index contributed by atoms with van der Waals surface area (Å²) in [6.45, 7) is 0. The van der Waals surface area contributed by atoms with Crippen LogP contribution in [-0.4, -0.2) is 29.2 Å². The van der Waals surface area contributed by atoms with Gasteiger partial charge in [-0.15, -0.1) is 0 Å². The van der Waals surface area contributed by atoms with Gasteiger partial charge in [0, 0.05) is 22.6 Å². The number of hydrogen-bond donors (Lipinski definition) is 0. The Morgan fingerprint density at radius 2 is 1.93 bits per heavy atom. The van der Waals surface area contributed by atoms with Crippen molar-refractivity contribution in [3.63, 3.8) is 0 Å². The highest BCUT2D eigenvalue weighted by Crippen LogP contribution is 2.14. The zero-order valence-corrected chi connectivity index (χ0v) is 10.1. The molecular formula is C11H12O2S2. The lowest BCUT2D eigenvalue weighted by Gasteiger charge is -1.99. The SMILES string of the molecule is CSCCSC(=O)c1ccc(C=O)cc1. The van der Waals surface area contributed by atoms with Gasteiger partial charge >= 0.3 is 0 Å². The molecule has 0 aromatic heterocycles. The third-order valence-corrected chi connectivity index (χ3v) is 3.58. The van der Waals surface area contributed by atoms with Crippen LogP contribution in [-0.2, 0) is 0 Å². The maximum atomic E-state index is 11.6. The van der Waals surface area contributed by atoms with Crippen LogP contribution in [0.25, 0.3) is 0 Å². The van der Waals surface area contributed by atoms with E-state index < -0.39 is 0 Å². The number of thioether (sulfide) groups is 2. The summed E-state index contributed by atoms with van der Waals surface area (Å²) in [6, 6.07) is 6.71. The van der Waals surface area contributed by atoms with Crippen LogP contribution in [0.4, 0.5) is 0 Å². The van der Waals surface area contributed by atoms with Crippen molar-refractivity contribution in [2.75, 3.05) is 17.8 Å². The second-order valence-electron chi connectivity index (χ2n) is 2.87. The molecule has 0 aliphatic carbocycles. The number of rotatable bonds is 5. The molecule has 1 aromatic carbocycles. The highest BCUT2D eigenvalue weighted by Gasteiger charge is 2.05. The zero-order valence-electron chi connectivity index (χ0n) is 8.43. The largest absolute Gasteiger partial charge is 0.298 e. The van der Waals surface area contributed by atoms with Crippen molar-refractivity contribution in [1.29, 1.82) is 0 Å². The first kappa shape index (κ1) is 12.3. The highest BCUT2D eigenvalue weighted by atomic mass is 32.2. The van der Waals surface area contributed by atoms with Crippen molar-refractivity contribution in [1.82, 2.24) is 0 Å². The Morgan fingerprint density at radius 1 is 1.27 bits per heavy atom. The summed E-state index contributed by atoms with van der Waals surface area (Å²) < 4.78 is 0. The lowest BCUT2D eigenvalue weighted by Crippen LogP contribution is -1.96. The topological polar surface area (TPSA) is 34.1 Å². The summed E-state index contributed by atoms with van der Waals surface area (Å²) in [6.07, 6.45) is 2.79. The Labute approximate surface area is 97.8 Å². The third-order valence-electron chi connectivity index (χ3n) is 1.80. The first-order valence-electron chi connectivity index (χ1n) is 4.49. The minimum Gasteiger partial charge on any atom is -0.298 e. The van der Waals surface area contributed by atoms with Gasteiger partial charge in [-0.05, 0) is 18.4 Å². The van der Waals surface area contributed by atoms with Crippen molar-refractivity contribution in [3.8, 4) is 0 Å². The van der Waals surface area contributed by atoms with E-state index in [4.69, 9.17) is 0 Å². The molecule has 0 amide bonds. The van der Waals surface area contributed by atoms with Crippen LogP contribution in [0.2, 0.25) is 0 Å².